The summed E-state index contributed by atoms with van der Waals surface area (Å²) >= 11 is 0. The van der Waals surface area contributed by atoms with Crippen LogP contribution in [0.5, 0.6) is 0 Å². The Kier molecular flexibility index (Phi) is 9.87. The van der Waals surface area contributed by atoms with E-state index in [1.165, 1.54) is 12.1 Å². The van der Waals surface area contributed by atoms with Gasteiger partial charge in [-0.25, -0.2) is 0 Å². The molecular weight excluding hydrogens is 515 g/mol. The molecule has 2 aliphatic rings. The van der Waals surface area contributed by atoms with E-state index in [-0.39, 0.29) is 41.6 Å². The van der Waals surface area contributed by atoms with Crippen molar-refractivity contribution < 1.29 is 22.8 Å². The van der Waals surface area contributed by atoms with Crippen molar-refractivity contribution in [2.24, 2.45) is 11.3 Å². The maximum atomic E-state index is 12.8. The van der Waals surface area contributed by atoms with E-state index in [4.69, 9.17) is 0 Å². The van der Waals surface area contributed by atoms with Crippen molar-refractivity contribution in [3.63, 3.8) is 0 Å². The normalized spacial score (nSPS) is 18.5. The number of likely N-dealkylation sites (tertiary alicyclic amines) is 2. The summed E-state index contributed by atoms with van der Waals surface area (Å²) in [6.45, 7) is 7.42. The maximum absolute atomic E-state index is 12.8. The zero-order chi connectivity index (χ0) is 26.6. The minimum atomic E-state index is -4.36. The standard InChI is InChI=1S/C29H36F3N3O2.ClH/c1-21(2)27(37)33-25(23-6-4-3-5-7-23)12-15-34-16-13-28(14-17-34)18-26(36)35(20-28)19-22-8-10-24(11-9-22)29(30,31)32;/h3-11,21,25H,12-20H2,1-2H3,(H,33,37);1H/t25-;/m0./s1. The molecule has 0 bridgehead atoms. The molecule has 2 fully saturated rings. The van der Waals surface area contributed by atoms with E-state index in [0.29, 0.717) is 25.1 Å². The van der Waals surface area contributed by atoms with Crippen molar-refractivity contribution >= 4 is 24.2 Å². The number of piperidine rings is 1. The lowest BCUT2D eigenvalue weighted by Crippen LogP contribution is -2.43. The van der Waals surface area contributed by atoms with Crippen molar-refractivity contribution in [1.29, 1.82) is 0 Å². The minimum absolute atomic E-state index is 0. The van der Waals surface area contributed by atoms with Gasteiger partial charge in [0.25, 0.3) is 0 Å². The molecule has 0 radical (unpaired) electrons. The van der Waals surface area contributed by atoms with Gasteiger partial charge >= 0.3 is 6.18 Å². The van der Waals surface area contributed by atoms with Crippen molar-refractivity contribution in [2.75, 3.05) is 26.2 Å². The average Bonchev–Trinajstić information content (AvgIpc) is 3.17. The summed E-state index contributed by atoms with van der Waals surface area (Å²) in [5, 5.41) is 3.19. The lowest BCUT2D eigenvalue weighted by molar-refractivity contribution is -0.137. The van der Waals surface area contributed by atoms with Gasteiger partial charge in [-0.3, -0.25) is 9.59 Å². The van der Waals surface area contributed by atoms with Gasteiger partial charge in [0.15, 0.2) is 0 Å². The number of carbonyl (C=O) groups is 2. The Morgan fingerprint density at radius 1 is 1.03 bits per heavy atom. The summed E-state index contributed by atoms with van der Waals surface area (Å²) in [5.74, 6) is 0.0458. The van der Waals surface area contributed by atoms with Crippen LogP contribution < -0.4 is 5.32 Å². The summed E-state index contributed by atoms with van der Waals surface area (Å²) in [6.07, 6.45) is -1.22. The number of nitrogens with one attached hydrogen (secondary N) is 1. The fraction of sp³-hybridized carbons (Fsp3) is 0.517. The molecule has 9 heteroatoms. The van der Waals surface area contributed by atoms with Crippen molar-refractivity contribution in [2.45, 2.75) is 58.3 Å². The highest BCUT2D eigenvalue weighted by Crippen LogP contribution is 2.41. The van der Waals surface area contributed by atoms with E-state index in [2.05, 4.69) is 10.2 Å². The van der Waals surface area contributed by atoms with Crippen LogP contribution in [-0.2, 0) is 22.3 Å². The second kappa shape index (κ2) is 12.5. The molecule has 2 aliphatic heterocycles. The third kappa shape index (κ3) is 7.50. The lowest BCUT2D eigenvalue weighted by Gasteiger charge is -2.39. The SMILES string of the molecule is CC(C)C(=O)N[C@@H](CCN1CCC2(CC1)CC(=O)N(Cc1ccc(C(F)(F)F)cc1)C2)c1ccccc1.Cl. The van der Waals surface area contributed by atoms with Crippen molar-refractivity contribution in [1.82, 2.24) is 15.1 Å². The summed E-state index contributed by atoms with van der Waals surface area (Å²) in [7, 11) is 0. The number of nitrogens with zero attached hydrogens (tertiary/aromatic N) is 2. The molecule has 1 spiro atoms. The van der Waals surface area contributed by atoms with Crippen molar-refractivity contribution in [3.8, 4) is 0 Å². The maximum Gasteiger partial charge on any atom is 0.416 e. The van der Waals surface area contributed by atoms with Gasteiger partial charge < -0.3 is 15.1 Å². The largest absolute Gasteiger partial charge is 0.416 e. The fourth-order valence-corrected chi connectivity index (χ4v) is 5.39. The van der Waals surface area contributed by atoms with Crippen LogP contribution in [0, 0.1) is 11.3 Å². The van der Waals surface area contributed by atoms with E-state index < -0.39 is 11.7 Å². The van der Waals surface area contributed by atoms with Crippen LogP contribution in [0.25, 0.3) is 0 Å². The number of benzene rings is 2. The van der Waals surface area contributed by atoms with Gasteiger partial charge in [-0.1, -0.05) is 56.3 Å². The van der Waals surface area contributed by atoms with Crippen LogP contribution in [0.4, 0.5) is 13.2 Å². The predicted octanol–water partition coefficient (Wildman–Crippen LogP) is 5.85. The minimum Gasteiger partial charge on any atom is -0.349 e. The van der Waals surface area contributed by atoms with Crippen LogP contribution in [0.3, 0.4) is 0 Å². The molecule has 2 heterocycles. The van der Waals surface area contributed by atoms with Gasteiger partial charge in [0.2, 0.25) is 11.8 Å². The Labute approximate surface area is 229 Å². The third-order valence-electron chi connectivity index (χ3n) is 7.75. The molecule has 5 nitrogen and oxygen atoms in total. The average molecular weight is 552 g/mol. The van der Waals surface area contributed by atoms with Crippen LogP contribution >= 0.6 is 12.4 Å². The van der Waals surface area contributed by atoms with Crippen LogP contribution in [-0.4, -0.2) is 47.8 Å². The molecule has 0 aliphatic carbocycles. The molecule has 2 amide bonds. The van der Waals surface area contributed by atoms with Crippen LogP contribution in [0.15, 0.2) is 54.6 Å². The number of hydrogen-bond acceptors (Lipinski definition) is 3. The molecule has 2 saturated heterocycles. The third-order valence-corrected chi connectivity index (χ3v) is 7.75. The first-order valence-corrected chi connectivity index (χ1v) is 13.1. The van der Waals surface area contributed by atoms with Gasteiger partial charge in [-0.05, 0) is 61.0 Å². The van der Waals surface area contributed by atoms with Gasteiger partial charge in [-0.15, -0.1) is 12.4 Å². The summed E-state index contributed by atoms with van der Waals surface area (Å²) in [4.78, 5) is 29.4. The summed E-state index contributed by atoms with van der Waals surface area (Å²) in [6, 6.07) is 15.1. The molecule has 0 aromatic heterocycles. The number of halogens is 4. The Morgan fingerprint density at radius 3 is 2.24 bits per heavy atom. The Hall–Kier alpha value is -2.58. The molecular formula is C29H37ClF3N3O2. The van der Waals surface area contributed by atoms with Crippen LogP contribution in [0.2, 0.25) is 0 Å². The molecule has 0 saturated carbocycles. The Bertz CT molecular complexity index is 1070. The number of alkyl halides is 3. The van der Waals surface area contributed by atoms with E-state index >= 15 is 0 Å². The second-order valence-corrected chi connectivity index (χ2v) is 10.9. The number of hydrogen-bond donors (Lipinski definition) is 1. The van der Waals surface area contributed by atoms with E-state index in [9.17, 15) is 22.8 Å². The summed E-state index contributed by atoms with van der Waals surface area (Å²) < 4.78 is 38.5. The molecule has 38 heavy (non-hydrogen) atoms. The first kappa shape index (κ1) is 30.0. The monoisotopic (exact) mass is 551 g/mol. The molecule has 2 aromatic carbocycles. The molecule has 1 N–H and O–H groups in total. The molecule has 1 atom stereocenters. The van der Waals surface area contributed by atoms with Crippen LogP contribution in [0.1, 0.15) is 62.3 Å². The molecule has 2 aromatic rings. The number of carbonyl (C=O) groups excluding carboxylic acids is 2. The highest BCUT2D eigenvalue weighted by Gasteiger charge is 2.44. The zero-order valence-electron chi connectivity index (χ0n) is 22.0. The first-order chi connectivity index (χ1) is 17.5. The van der Waals surface area contributed by atoms with Crippen molar-refractivity contribution in [3.05, 3.63) is 71.3 Å². The summed E-state index contributed by atoms with van der Waals surface area (Å²) in [5.41, 5.74) is 1.08. The zero-order valence-corrected chi connectivity index (χ0v) is 22.8. The quantitative estimate of drug-likeness (QED) is 0.448. The molecule has 208 valence electrons. The Morgan fingerprint density at radius 2 is 1.66 bits per heavy atom. The number of rotatable bonds is 8. The predicted molar refractivity (Wildman–Crippen MR) is 144 cm³/mol. The molecule has 4 rings (SSSR count). The van der Waals surface area contributed by atoms with Gasteiger partial charge in [0.1, 0.15) is 0 Å². The van der Waals surface area contributed by atoms with E-state index in [0.717, 1.165) is 56.6 Å². The number of amides is 2. The lowest BCUT2D eigenvalue weighted by atomic mass is 9.77. The Balaban J connectivity index is 0.00000400. The van der Waals surface area contributed by atoms with Gasteiger partial charge in [0, 0.05) is 32.0 Å². The smallest absolute Gasteiger partial charge is 0.349 e. The topological polar surface area (TPSA) is 52.7 Å². The highest BCUT2D eigenvalue weighted by molar-refractivity contribution is 5.85. The highest BCUT2D eigenvalue weighted by atomic mass is 35.5. The van der Waals surface area contributed by atoms with E-state index in [1.54, 1.807) is 4.90 Å². The van der Waals surface area contributed by atoms with Gasteiger partial charge in [0.05, 0.1) is 11.6 Å². The first-order valence-electron chi connectivity index (χ1n) is 13.1. The molecule has 0 unspecified atom stereocenters. The van der Waals surface area contributed by atoms with E-state index in [1.807, 2.05) is 44.2 Å². The van der Waals surface area contributed by atoms with Gasteiger partial charge in [-0.2, -0.15) is 13.2 Å². The second-order valence-electron chi connectivity index (χ2n) is 10.9. The fourth-order valence-electron chi connectivity index (χ4n) is 5.39.